The third kappa shape index (κ3) is 3.89. The van der Waals surface area contributed by atoms with Crippen molar-refractivity contribution in [1.29, 1.82) is 0 Å². The summed E-state index contributed by atoms with van der Waals surface area (Å²) in [6, 6.07) is 10.3. The number of anilines is 2. The summed E-state index contributed by atoms with van der Waals surface area (Å²) in [5, 5.41) is 6.40. The molecule has 1 amide bonds. The standard InChI is InChI=1S/C19H23N3O/c1-13-7-9-17(14(2)11-13)21-16-8-10-18(20-12-16)19(23)22-15-5-3-4-6-15/h7-12,15,21H,3-6H2,1-2H3,(H,22,23). The molecule has 4 heteroatoms. The molecule has 0 atom stereocenters. The highest BCUT2D eigenvalue weighted by Crippen LogP contribution is 2.21. The Balaban J connectivity index is 1.65. The van der Waals surface area contributed by atoms with Gasteiger partial charge in [-0.1, -0.05) is 30.5 Å². The van der Waals surface area contributed by atoms with Crippen LogP contribution in [0.2, 0.25) is 0 Å². The number of benzene rings is 1. The van der Waals surface area contributed by atoms with E-state index in [2.05, 4.69) is 47.7 Å². The Morgan fingerprint density at radius 1 is 1.13 bits per heavy atom. The molecule has 0 radical (unpaired) electrons. The van der Waals surface area contributed by atoms with Crippen LogP contribution >= 0.6 is 0 Å². The number of hydrogen-bond acceptors (Lipinski definition) is 3. The van der Waals surface area contributed by atoms with Gasteiger partial charge < -0.3 is 10.6 Å². The van der Waals surface area contributed by atoms with Crippen molar-refractivity contribution in [2.75, 3.05) is 5.32 Å². The second-order valence-electron chi connectivity index (χ2n) is 6.33. The summed E-state index contributed by atoms with van der Waals surface area (Å²) in [5.74, 6) is -0.0741. The van der Waals surface area contributed by atoms with Crippen molar-refractivity contribution in [3.63, 3.8) is 0 Å². The van der Waals surface area contributed by atoms with E-state index in [1.54, 1.807) is 12.3 Å². The van der Waals surface area contributed by atoms with Crippen LogP contribution < -0.4 is 10.6 Å². The minimum atomic E-state index is -0.0741. The highest BCUT2D eigenvalue weighted by Gasteiger charge is 2.18. The maximum atomic E-state index is 12.2. The van der Waals surface area contributed by atoms with Crippen LogP contribution in [0.15, 0.2) is 36.5 Å². The Kier molecular flexibility index (Phi) is 4.60. The first kappa shape index (κ1) is 15.5. The maximum absolute atomic E-state index is 12.2. The third-order valence-electron chi connectivity index (χ3n) is 4.35. The lowest BCUT2D eigenvalue weighted by Gasteiger charge is -2.12. The van der Waals surface area contributed by atoms with Gasteiger partial charge in [-0.15, -0.1) is 0 Å². The molecule has 1 fully saturated rings. The number of nitrogens with one attached hydrogen (secondary N) is 2. The predicted octanol–water partition coefficient (Wildman–Crippen LogP) is 4.11. The monoisotopic (exact) mass is 309 g/mol. The van der Waals surface area contributed by atoms with Crippen LogP contribution in [0, 0.1) is 13.8 Å². The highest BCUT2D eigenvalue weighted by atomic mass is 16.1. The lowest BCUT2D eigenvalue weighted by atomic mass is 10.1. The summed E-state index contributed by atoms with van der Waals surface area (Å²) in [5.41, 5.74) is 4.84. The molecule has 23 heavy (non-hydrogen) atoms. The topological polar surface area (TPSA) is 54.0 Å². The maximum Gasteiger partial charge on any atom is 0.270 e. The quantitative estimate of drug-likeness (QED) is 0.893. The van der Waals surface area contributed by atoms with Crippen LogP contribution in [-0.4, -0.2) is 16.9 Å². The molecule has 0 unspecified atom stereocenters. The first-order valence-electron chi connectivity index (χ1n) is 8.23. The first-order chi connectivity index (χ1) is 11.1. The number of aryl methyl sites for hydroxylation is 2. The summed E-state index contributed by atoms with van der Waals surface area (Å²) in [6.45, 7) is 4.16. The molecule has 0 aliphatic heterocycles. The molecule has 1 aliphatic carbocycles. The van der Waals surface area contributed by atoms with E-state index in [1.165, 1.54) is 24.0 Å². The number of pyridine rings is 1. The first-order valence-corrected chi connectivity index (χ1v) is 8.23. The summed E-state index contributed by atoms with van der Waals surface area (Å²) >= 11 is 0. The molecule has 2 aromatic rings. The van der Waals surface area contributed by atoms with E-state index in [4.69, 9.17) is 0 Å². The molecule has 0 saturated heterocycles. The molecule has 1 saturated carbocycles. The molecular formula is C19H23N3O. The SMILES string of the molecule is Cc1ccc(Nc2ccc(C(=O)NC3CCCC3)nc2)c(C)c1. The van der Waals surface area contributed by atoms with Gasteiger partial charge in [-0.2, -0.15) is 0 Å². The number of nitrogens with zero attached hydrogens (tertiary/aromatic N) is 1. The zero-order valence-corrected chi connectivity index (χ0v) is 13.7. The van der Waals surface area contributed by atoms with Crippen LogP contribution in [0.1, 0.15) is 47.3 Å². The average molecular weight is 309 g/mol. The Hall–Kier alpha value is -2.36. The molecule has 1 aliphatic rings. The normalized spacial score (nSPS) is 14.7. The van der Waals surface area contributed by atoms with Crippen molar-refractivity contribution < 1.29 is 4.79 Å². The van der Waals surface area contributed by atoms with Crippen molar-refractivity contribution in [3.8, 4) is 0 Å². The minimum Gasteiger partial charge on any atom is -0.354 e. The van der Waals surface area contributed by atoms with E-state index in [9.17, 15) is 4.79 Å². The van der Waals surface area contributed by atoms with Crippen molar-refractivity contribution in [2.24, 2.45) is 0 Å². The predicted molar refractivity (Wildman–Crippen MR) is 93.2 cm³/mol. The number of amides is 1. The van der Waals surface area contributed by atoms with E-state index in [0.29, 0.717) is 11.7 Å². The van der Waals surface area contributed by atoms with Gasteiger partial charge in [-0.3, -0.25) is 4.79 Å². The molecule has 1 heterocycles. The summed E-state index contributed by atoms with van der Waals surface area (Å²) in [4.78, 5) is 16.5. The second-order valence-corrected chi connectivity index (χ2v) is 6.33. The van der Waals surface area contributed by atoms with E-state index in [1.807, 2.05) is 6.07 Å². The van der Waals surface area contributed by atoms with E-state index in [0.717, 1.165) is 24.2 Å². The van der Waals surface area contributed by atoms with Crippen molar-refractivity contribution >= 4 is 17.3 Å². The smallest absolute Gasteiger partial charge is 0.270 e. The fourth-order valence-electron chi connectivity index (χ4n) is 3.04. The van der Waals surface area contributed by atoms with Gasteiger partial charge in [0.1, 0.15) is 5.69 Å². The molecule has 4 nitrogen and oxygen atoms in total. The average Bonchev–Trinajstić information content (AvgIpc) is 3.04. The molecule has 2 N–H and O–H groups in total. The number of aromatic nitrogens is 1. The number of carbonyl (C=O) groups excluding carboxylic acids is 1. The van der Waals surface area contributed by atoms with Crippen LogP contribution in [0.3, 0.4) is 0 Å². The zero-order chi connectivity index (χ0) is 16.2. The van der Waals surface area contributed by atoms with Crippen LogP contribution in [0.4, 0.5) is 11.4 Å². The Bertz CT molecular complexity index is 688. The molecule has 1 aromatic heterocycles. The van der Waals surface area contributed by atoms with Gasteiger partial charge >= 0.3 is 0 Å². The largest absolute Gasteiger partial charge is 0.354 e. The van der Waals surface area contributed by atoms with Gasteiger partial charge in [0.05, 0.1) is 11.9 Å². The van der Waals surface area contributed by atoms with Crippen molar-refractivity contribution in [1.82, 2.24) is 10.3 Å². The zero-order valence-electron chi connectivity index (χ0n) is 13.7. The molecule has 3 rings (SSSR count). The number of rotatable bonds is 4. The van der Waals surface area contributed by atoms with Gasteiger partial charge in [0.2, 0.25) is 0 Å². The Morgan fingerprint density at radius 2 is 1.91 bits per heavy atom. The van der Waals surface area contributed by atoms with Gasteiger partial charge in [0.25, 0.3) is 5.91 Å². The van der Waals surface area contributed by atoms with Crippen LogP contribution in [0.25, 0.3) is 0 Å². The van der Waals surface area contributed by atoms with Gasteiger partial charge in [-0.25, -0.2) is 4.98 Å². The molecule has 120 valence electrons. The number of carbonyl (C=O) groups is 1. The van der Waals surface area contributed by atoms with Gasteiger partial charge in [0, 0.05) is 11.7 Å². The van der Waals surface area contributed by atoms with Gasteiger partial charge in [-0.05, 0) is 50.5 Å². The summed E-state index contributed by atoms with van der Waals surface area (Å²) in [7, 11) is 0. The summed E-state index contributed by atoms with van der Waals surface area (Å²) in [6.07, 6.45) is 6.29. The Morgan fingerprint density at radius 3 is 2.57 bits per heavy atom. The van der Waals surface area contributed by atoms with Crippen LogP contribution in [0.5, 0.6) is 0 Å². The molecule has 0 spiro atoms. The van der Waals surface area contributed by atoms with E-state index >= 15 is 0 Å². The number of hydrogen-bond donors (Lipinski definition) is 2. The molecule has 0 bridgehead atoms. The molecular weight excluding hydrogens is 286 g/mol. The fourth-order valence-corrected chi connectivity index (χ4v) is 3.04. The van der Waals surface area contributed by atoms with E-state index in [-0.39, 0.29) is 5.91 Å². The van der Waals surface area contributed by atoms with Crippen molar-refractivity contribution in [2.45, 2.75) is 45.6 Å². The van der Waals surface area contributed by atoms with Crippen molar-refractivity contribution in [3.05, 3.63) is 53.3 Å². The van der Waals surface area contributed by atoms with Gasteiger partial charge in [0.15, 0.2) is 0 Å². The van der Waals surface area contributed by atoms with E-state index < -0.39 is 0 Å². The van der Waals surface area contributed by atoms with Crippen LogP contribution in [-0.2, 0) is 0 Å². The lowest BCUT2D eigenvalue weighted by Crippen LogP contribution is -2.33. The highest BCUT2D eigenvalue weighted by molar-refractivity contribution is 5.92. The summed E-state index contributed by atoms with van der Waals surface area (Å²) < 4.78 is 0. The second kappa shape index (κ2) is 6.82. The minimum absolute atomic E-state index is 0.0741. The third-order valence-corrected chi connectivity index (χ3v) is 4.35. The molecule has 1 aromatic carbocycles. The fraction of sp³-hybridized carbons (Fsp3) is 0.368. The lowest BCUT2D eigenvalue weighted by molar-refractivity contribution is 0.0933. The Labute approximate surface area is 137 Å².